The Morgan fingerprint density at radius 3 is 2.81 bits per heavy atom. The molecule has 0 fully saturated rings. The summed E-state index contributed by atoms with van der Waals surface area (Å²) in [6.45, 7) is 0.416. The molecule has 37 heavy (non-hydrogen) atoms. The van der Waals surface area contributed by atoms with Crippen LogP contribution in [0.15, 0.2) is 70.3 Å². The summed E-state index contributed by atoms with van der Waals surface area (Å²) in [5.41, 5.74) is 3.02. The number of benzene rings is 2. The van der Waals surface area contributed by atoms with E-state index in [1.165, 1.54) is 10.9 Å². The van der Waals surface area contributed by atoms with Crippen LogP contribution in [0.25, 0.3) is 0 Å². The van der Waals surface area contributed by atoms with E-state index in [0.717, 1.165) is 36.8 Å². The van der Waals surface area contributed by atoms with Gasteiger partial charge >= 0.3 is 0 Å². The summed E-state index contributed by atoms with van der Waals surface area (Å²) in [6.07, 6.45) is 7.35. The van der Waals surface area contributed by atoms with Gasteiger partial charge < -0.3 is 19.2 Å². The first-order chi connectivity index (χ1) is 18.1. The molecule has 1 aliphatic rings. The third kappa shape index (κ3) is 5.75. The van der Waals surface area contributed by atoms with E-state index in [1.54, 1.807) is 61.3 Å². The van der Waals surface area contributed by atoms with Gasteiger partial charge in [-0.3, -0.25) is 4.79 Å². The second-order valence-electron chi connectivity index (χ2n) is 8.70. The molecule has 0 atom stereocenters. The molecule has 1 N–H and O–H groups in total. The minimum absolute atomic E-state index is 0.0910. The van der Waals surface area contributed by atoms with E-state index in [1.807, 2.05) is 18.2 Å². The summed E-state index contributed by atoms with van der Waals surface area (Å²) in [4.78, 5) is 19.1. The number of carbonyl (C=O) groups is 1. The van der Waals surface area contributed by atoms with Crippen LogP contribution < -0.4 is 14.8 Å². The van der Waals surface area contributed by atoms with Crippen molar-refractivity contribution in [2.45, 2.75) is 38.8 Å². The molecule has 8 heteroatoms. The Balaban J connectivity index is 1.35. The molecule has 2 heterocycles. The quantitative estimate of drug-likeness (QED) is 0.253. The lowest BCUT2D eigenvalue weighted by molar-refractivity contribution is 0.0948. The SMILES string of the molecule is COc1cc(C=Nc2sc3c(c2C(=O)NCc2ccco2)CCCC3)ccc1OCc1ccccc1F. The fraction of sp³-hybridized carbons (Fsp3) is 0.241. The van der Waals surface area contributed by atoms with E-state index >= 15 is 0 Å². The molecule has 6 nitrogen and oxygen atoms in total. The number of ether oxygens (including phenoxy) is 2. The van der Waals surface area contributed by atoms with Crippen molar-refractivity contribution in [2.75, 3.05) is 7.11 Å². The third-order valence-corrected chi connectivity index (χ3v) is 7.44. The number of amides is 1. The molecule has 0 bridgehead atoms. The Morgan fingerprint density at radius 1 is 1.14 bits per heavy atom. The summed E-state index contributed by atoms with van der Waals surface area (Å²) in [7, 11) is 1.56. The highest BCUT2D eigenvalue weighted by molar-refractivity contribution is 7.16. The molecule has 0 saturated heterocycles. The number of hydrogen-bond donors (Lipinski definition) is 1. The van der Waals surface area contributed by atoms with E-state index in [2.05, 4.69) is 5.32 Å². The number of methoxy groups -OCH3 is 1. The first kappa shape index (κ1) is 24.8. The highest BCUT2D eigenvalue weighted by Gasteiger charge is 2.25. The van der Waals surface area contributed by atoms with Crippen LogP contribution in [0.4, 0.5) is 9.39 Å². The predicted molar refractivity (Wildman–Crippen MR) is 142 cm³/mol. The number of nitrogens with one attached hydrogen (secondary N) is 1. The molecule has 190 valence electrons. The summed E-state index contributed by atoms with van der Waals surface area (Å²) in [6, 6.07) is 15.6. The minimum Gasteiger partial charge on any atom is -0.493 e. The highest BCUT2D eigenvalue weighted by atomic mass is 32.1. The highest BCUT2D eigenvalue weighted by Crippen LogP contribution is 2.40. The monoisotopic (exact) mass is 518 g/mol. The van der Waals surface area contributed by atoms with E-state index in [0.29, 0.717) is 39.9 Å². The Morgan fingerprint density at radius 2 is 2.00 bits per heavy atom. The van der Waals surface area contributed by atoms with Gasteiger partial charge in [0.1, 0.15) is 23.2 Å². The number of aliphatic imine (C=N–C) groups is 1. The van der Waals surface area contributed by atoms with Crippen molar-refractivity contribution in [3.8, 4) is 11.5 Å². The van der Waals surface area contributed by atoms with E-state index in [-0.39, 0.29) is 18.3 Å². The van der Waals surface area contributed by atoms with Crippen molar-refractivity contribution in [1.29, 1.82) is 0 Å². The number of carbonyl (C=O) groups excluding carboxylic acids is 1. The second-order valence-corrected chi connectivity index (χ2v) is 9.79. The molecule has 2 aromatic heterocycles. The molecular formula is C29H27FN2O4S. The van der Waals surface area contributed by atoms with Gasteiger partial charge in [0, 0.05) is 16.7 Å². The predicted octanol–water partition coefficient (Wildman–Crippen LogP) is 6.63. The van der Waals surface area contributed by atoms with Gasteiger partial charge in [-0.25, -0.2) is 9.38 Å². The van der Waals surface area contributed by atoms with Crippen molar-refractivity contribution >= 4 is 28.5 Å². The first-order valence-electron chi connectivity index (χ1n) is 12.2. The van der Waals surface area contributed by atoms with Gasteiger partial charge in [-0.05, 0) is 73.2 Å². The van der Waals surface area contributed by atoms with Gasteiger partial charge in [0.25, 0.3) is 5.91 Å². The zero-order valence-electron chi connectivity index (χ0n) is 20.5. The molecule has 5 rings (SSSR count). The topological polar surface area (TPSA) is 73.1 Å². The Hall–Kier alpha value is -3.91. The molecule has 0 aliphatic heterocycles. The van der Waals surface area contributed by atoms with E-state index in [4.69, 9.17) is 18.9 Å². The van der Waals surface area contributed by atoms with Crippen LogP contribution in [0, 0.1) is 5.82 Å². The van der Waals surface area contributed by atoms with Crippen molar-refractivity contribution in [2.24, 2.45) is 4.99 Å². The number of rotatable bonds is 9. The van der Waals surface area contributed by atoms with Crippen LogP contribution in [0.2, 0.25) is 0 Å². The molecule has 1 aliphatic carbocycles. The average molecular weight is 519 g/mol. The number of aryl methyl sites for hydroxylation is 1. The standard InChI is InChI=1S/C29H27FN2O4S/c1-34-25-15-19(12-13-24(25)36-18-20-7-2-4-10-23(20)30)16-32-29-27(22-9-3-5-11-26(22)37-29)28(33)31-17-21-8-6-14-35-21/h2,4,6-8,10,12-16H,3,5,9,11,17-18H2,1H3,(H,31,33). The largest absolute Gasteiger partial charge is 0.493 e. The number of halogens is 1. The minimum atomic E-state index is -0.312. The molecule has 0 spiro atoms. The molecule has 2 aromatic carbocycles. The van der Waals surface area contributed by atoms with Gasteiger partial charge in [0.05, 0.1) is 25.5 Å². The average Bonchev–Trinajstić information content (AvgIpc) is 3.58. The van der Waals surface area contributed by atoms with Gasteiger partial charge in [-0.1, -0.05) is 18.2 Å². The fourth-order valence-electron chi connectivity index (χ4n) is 4.33. The van der Waals surface area contributed by atoms with Crippen molar-refractivity contribution in [3.05, 3.63) is 99.6 Å². The zero-order valence-corrected chi connectivity index (χ0v) is 21.3. The van der Waals surface area contributed by atoms with E-state index < -0.39 is 0 Å². The van der Waals surface area contributed by atoms with Crippen LogP contribution in [-0.4, -0.2) is 19.2 Å². The number of thiophene rings is 1. The molecular weight excluding hydrogens is 491 g/mol. The molecule has 0 radical (unpaired) electrons. The summed E-state index contributed by atoms with van der Waals surface area (Å²) >= 11 is 1.58. The Bertz CT molecular complexity index is 1410. The van der Waals surface area contributed by atoms with Crippen molar-refractivity contribution < 1.29 is 23.1 Å². The summed E-state index contributed by atoms with van der Waals surface area (Å²) in [5, 5.41) is 3.67. The maximum Gasteiger partial charge on any atom is 0.255 e. The lowest BCUT2D eigenvalue weighted by Crippen LogP contribution is -2.23. The maximum atomic E-state index is 13.9. The maximum absolute atomic E-state index is 13.9. The molecule has 4 aromatic rings. The smallest absolute Gasteiger partial charge is 0.255 e. The fourth-order valence-corrected chi connectivity index (χ4v) is 5.56. The van der Waals surface area contributed by atoms with E-state index in [9.17, 15) is 9.18 Å². The van der Waals surface area contributed by atoms with Crippen LogP contribution in [0.3, 0.4) is 0 Å². The third-order valence-electron chi connectivity index (χ3n) is 6.24. The molecule has 1 amide bonds. The Labute approximate surface area is 218 Å². The van der Waals surface area contributed by atoms with Gasteiger partial charge in [0.15, 0.2) is 11.5 Å². The Kier molecular flexibility index (Phi) is 7.65. The van der Waals surface area contributed by atoms with Gasteiger partial charge in [-0.15, -0.1) is 11.3 Å². The lowest BCUT2D eigenvalue weighted by atomic mass is 9.95. The second kappa shape index (κ2) is 11.4. The number of nitrogens with zero attached hydrogens (tertiary/aromatic N) is 1. The zero-order chi connectivity index (χ0) is 25.6. The first-order valence-corrected chi connectivity index (χ1v) is 13.0. The van der Waals surface area contributed by atoms with Gasteiger partial charge in [-0.2, -0.15) is 0 Å². The number of hydrogen-bond acceptors (Lipinski definition) is 6. The normalized spacial score (nSPS) is 12.9. The molecule has 0 unspecified atom stereocenters. The van der Waals surface area contributed by atoms with Crippen LogP contribution in [-0.2, 0) is 26.0 Å². The summed E-state index contributed by atoms with van der Waals surface area (Å²) in [5.74, 6) is 1.27. The van der Waals surface area contributed by atoms with Crippen LogP contribution >= 0.6 is 11.3 Å². The molecule has 0 saturated carbocycles. The van der Waals surface area contributed by atoms with Crippen LogP contribution in [0.5, 0.6) is 11.5 Å². The number of furan rings is 1. The number of fused-ring (bicyclic) bond motifs is 1. The van der Waals surface area contributed by atoms with Crippen molar-refractivity contribution in [1.82, 2.24) is 5.32 Å². The van der Waals surface area contributed by atoms with Gasteiger partial charge in [0.2, 0.25) is 0 Å². The summed E-state index contributed by atoms with van der Waals surface area (Å²) < 4.78 is 30.6. The van der Waals surface area contributed by atoms with Crippen molar-refractivity contribution in [3.63, 3.8) is 0 Å². The van der Waals surface area contributed by atoms with Crippen LogP contribution in [0.1, 0.15) is 50.5 Å². The lowest BCUT2D eigenvalue weighted by Gasteiger charge is -2.12.